The summed E-state index contributed by atoms with van der Waals surface area (Å²) in [6, 6.07) is 0. The summed E-state index contributed by atoms with van der Waals surface area (Å²) in [6.45, 7) is 7.33. The van der Waals surface area contributed by atoms with Gasteiger partial charge in [0.05, 0.1) is 12.0 Å². The van der Waals surface area contributed by atoms with Crippen LogP contribution in [0.15, 0.2) is 12.7 Å². The summed E-state index contributed by atoms with van der Waals surface area (Å²) >= 11 is 1.12. The number of thioether (sulfide) groups is 1. The molecule has 0 aromatic rings. The van der Waals surface area contributed by atoms with Crippen LogP contribution in [0.25, 0.3) is 0 Å². The van der Waals surface area contributed by atoms with Gasteiger partial charge in [0.15, 0.2) is 5.12 Å². The topological polar surface area (TPSA) is 66.4 Å². The number of rotatable bonds is 7. The first-order valence-electron chi connectivity index (χ1n) is 5.26. The standard InChI is InChI=1S/C11H19NO3S/c1-4-9(13)8(3)11(15)16-7-6-12-10(14)5-2/h4,8-9,13H,1,5-7H2,2-3H3,(H,12,14)/t8-,9+/m0/s1. The molecule has 0 bridgehead atoms. The van der Waals surface area contributed by atoms with E-state index in [-0.39, 0.29) is 11.0 Å². The molecule has 0 aromatic carbocycles. The molecule has 2 atom stereocenters. The fourth-order valence-corrected chi connectivity index (χ4v) is 1.75. The molecule has 0 saturated heterocycles. The van der Waals surface area contributed by atoms with E-state index in [0.29, 0.717) is 18.7 Å². The highest BCUT2D eigenvalue weighted by Crippen LogP contribution is 2.14. The van der Waals surface area contributed by atoms with E-state index in [1.54, 1.807) is 13.8 Å². The van der Waals surface area contributed by atoms with Crippen molar-refractivity contribution in [2.24, 2.45) is 5.92 Å². The fourth-order valence-electron chi connectivity index (χ4n) is 0.942. The van der Waals surface area contributed by atoms with Gasteiger partial charge in [-0.25, -0.2) is 0 Å². The van der Waals surface area contributed by atoms with Crippen LogP contribution in [0.4, 0.5) is 0 Å². The van der Waals surface area contributed by atoms with Gasteiger partial charge in [0.2, 0.25) is 5.91 Å². The summed E-state index contributed by atoms with van der Waals surface area (Å²) in [4.78, 5) is 22.4. The summed E-state index contributed by atoms with van der Waals surface area (Å²) in [7, 11) is 0. The molecule has 0 fully saturated rings. The van der Waals surface area contributed by atoms with Crippen molar-refractivity contribution in [2.75, 3.05) is 12.3 Å². The summed E-state index contributed by atoms with van der Waals surface area (Å²) in [6.07, 6.45) is 0.997. The molecule has 4 nitrogen and oxygen atoms in total. The molecular formula is C11H19NO3S. The summed E-state index contributed by atoms with van der Waals surface area (Å²) in [5, 5.41) is 11.9. The molecule has 0 aliphatic carbocycles. The lowest BCUT2D eigenvalue weighted by molar-refractivity contribution is -0.120. The second-order valence-corrected chi connectivity index (χ2v) is 4.49. The van der Waals surface area contributed by atoms with Gasteiger partial charge in [0, 0.05) is 18.7 Å². The summed E-state index contributed by atoms with van der Waals surface area (Å²) < 4.78 is 0. The maximum atomic E-state index is 11.5. The minimum absolute atomic E-state index is 0.0211. The zero-order chi connectivity index (χ0) is 12.6. The van der Waals surface area contributed by atoms with Crippen LogP contribution in [0.2, 0.25) is 0 Å². The predicted octanol–water partition coefficient (Wildman–Crippen LogP) is 0.955. The van der Waals surface area contributed by atoms with Gasteiger partial charge in [0.1, 0.15) is 0 Å². The second-order valence-electron chi connectivity index (χ2n) is 3.39. The van der Waals surface area contributed by atoms with Crippen LogP contribution < -0.4 is 5.32 Å². The third-order valence-electron chi connectivity index (χ3n) is 2.12. The van der Waals surface area contributed by atoms with Crippen molar-refractivity contribution in [3.63, 3.8) is 0 Å². The average Bonchev–Trinajstić information content (AvgIpc) is 2.31. The van der Waals surface area contributed by atoms with Crippen molar-refractivity contribution in [1.82, 2.24) is 5.32 Å². The Morgan fingerprint density at radius 3 is 2.69 bits per heavy atom. The van der Waals surface area contributed by atoms with E-state index in [4.69, 9.17) is 0 Å². The maximum absolute atomic E-state index is 11.5. The first kappa shape index (κ1) is 15.2. The predicted molar refractivity (Wildman–Crippen MR) is 66.1 cm³/mol. The Kier molecular flexibility index (Phi) is 7.93. The minimum atomic E-state index is -0.801. The molecule has 0 rings (SSSR count). The van der Waals surface area contributed by atoms with E-state index < -0.39 is 12.0 Å². The zero-order valence-corrected chi connectivity index (χ0v) is 10.5. The molecule has 0 aromatic heterocycles. The monoisotopic (exact) mass is 245 g/mol. The number of nitrogens with one attached hydrogen (secondary N) is 1. The van der Waals surface area contributed by atoms with E-state index in [1.165, 1.54) is 6.08 Å². The van der Waals surface area contributed by atoms with Crippen molar-refractivity contribution in [3.8, 4) is 0 Å². The smallest absolute Gasteiger partial charge is 0.219 e. The summed E-state index contributed by atoms with van der Waals surface area (Å²) in [5.41, 5.74) is 0. The maximum Gasteiger partial charge on any atom is 0.219 e. The van der Waals surface area contributed by atoms with E-state index >= 15 is 0 Å². The van der Waals surface area contributed by atoms with E-state index in [1.807, 2.05) is 0 Å². The lowest BCUT2D eigenvalue weighted by Crippen LogP contribution is -2.26. The van der Waals surface area contributed by atoms with Gasteiger partial charge < -0.3 is 10.4 Å². The Morgan fingerprint density at radius 2 is 2.19 bits per heavy atom. The number of hydrogen-bond acceptors (Lipinski definition) is 4. The number of amides is 1. The number of carbonyl (C=O) groups is 2. The highest BCUT2D eigenvalue weighted by molar-refractivity contribution is 8.13. The van der Waals surface area contributed by atoms with Crippen molar-refractivity contribution in [3.05, 3.63) is 12.7 Å². The minimum Gasteiger partial charge on any atom is -0.388 e. The molecular weight excluding hydrogens is 226 g/mol. The lowest BCUT2D eigenvalue weighted by atomic mass is 10.1. The van der Waals surface area contributed by atoms with Crippen molar-refractivity contribution in [2.45, 2.75) is 26.4 Å². The zero-order valence-electron chi connectivity index (χ0n) is 9.73. The molecule has 2 N–H and O–H groups in total. The molecule has 0 saturated carbocycles. The molecule has 0 heterocycles. The molecule has 0 radical (unpaired) electrons. The Bertz CT molecular complexity index is 256. The van der Waals surface area contributed by atoms with Crippen LogP contribution >= 0.6 is 11.8 Å². The highest BCUT2D eigenvalue weighted by atomic mass is 32.2. The number of aliphatic hydroxyl groups is 1. The third kappa shape index (κ3) is 5.92. The molecule has 0 aliphatic rings. The van der Waals surface area contributed by atoms with Crippen LogP contribution in [-0.2, 0) is 9.59 Å². The van der Waals surface area contributed by atoms with Gasteiger partial charge in [0.25, 0.3) is 0 Å². The first-order valence-corrected chi connectivity index (χ1v) is 6.25. The van der Waals surface area contributed by atoms with Crippen LogP contribution in [0, 0.1) is 5.92 Å². The van der Waals surface area contributed by atoms with Crippen LogP contribution in [0.5, 0.6) is 0 Å². The van der Waals surface area contributed by atoms with Gasteiger partial charge >= 0.3 is 0 Å². The Labute approximate surface area is 100 Å². The second kappa shape index (κ2) is 8.35. The van der Waals surface area contributed by atoms with Crippen LogP contribution in [0.1, 0.15) is 20.3 Å². The van der Waals surface area contributed by atoms with E-state index in [0.717, 1.165) is 11.8 Å². The third-order valence-corrected chi connectivity index (χ3v) is 3.18. The lowest BCUT2D eigenvalue weighted by Gasteiger charge is -2.13. The molecule has 5 heteroatoms. The normalized spacial score (nSPS) is 13.9. The number of hydrogen-bond donors (Lipinski definition) is 2. The first-order chi connectivity index (χ1) is 7.52. The van der Waals surface area contributed by atoms with Crippen molar-refractivity contribution < 1.29 is 14.7 Å². The van der Waals surface area contributed by atoms with E-state index in [2.05, 4.69) is 11.9 Å². The highest BCUT2D eigenvalue weighted by Gasteiger charge is 2.19. The number of carbonyl (C=O) groups excluding carboxylic acids is 2. The van der Waals surface area contributed by atoms with Crippen molar-refractivity contribution >= 4 is 22.8 Å². The van der Waals surface area contributed by atoms with Gasteiger partial charge in [-0.1, -0.05) is 31.7 Å². The Morgan fingerprint density at radius 1 is 1.56 bits per heavy atom. The fraction of sp³-hybridized carbons (Fsp3) is 0.636. The largest absolute Gasteiger partial charge is 0.388 e. The van der Waals surface area contributed by atoms with Crippen LogP contribution in [-0.4, -0.2) is 34.5 Å². The molecule has 1 amide bonds. The SMILES string of the molecule is C=C[C@@H](O)[C@H](C)C(=O)SCCNC(=O)CC. The summed E-state index contributed by atoms with van der Waals surface area (Å²) in [5.74, 6) is 0.0512. The molecule has 0 aliphatic heterocycles. The molecule has 16 heavy (non-hydrogen) atoms. The van der Waals surface area contributed by atoms with Gasteiger partial charge in [-0.2, -0.15) is 0 Å². The van der Waals surface area contributed by atoms with Gasteiger partial charge in [-0.05, 0) is 0 Å². The molecule has 92 valence electrons. The van der Waals surface area contributed by atoms with Crippen molar-refractivity contribution in [1.29, 1.82) is 0 Å². The molecule has 0 spiro atoms. The van der Waals surface area contributed by atoms with Gasteiger partial charge in [-0.15, -0.1) is 6.58 Å². The van der Waals surface area contributed by atoms with E-state index in [9.17, 15) is 14.7 Å². The number of aliphatic hydroxyl groups excluding tert-OH is 1. The average molecular weight is 245 g/mol. The Balaban J connectivity index is 3.73. The Hall–Kier alpha value is -0.810. The molecule has 0 unspecified atom stereocenters. The van der Waals surface area contributed by atoms with Gasteiger partial charge in [-0.3, -0.25) is 9.59 Å². The quantitative estimate of drug-likeness (QED) is 0.518. The van der Waals surface area contributed by atoms with Crippen LogP contribution in [0.3, 0.4) is 0 Å².